The Morgan fingerprint density at radius 3 is 2.29 bits per heavy atom. The Bertz CT molecular complexity index is 629. The molecule has 110 valence electrons. The second-order valence-corrected chi connectivity index (χ2v) is 5.68. The molecular formula is C19H23NO. The standard InChI is InChI=1S/C19H23NO/c1-5-13(2)16-8-10-18(11-9-16)20-19(21)17-7-6-14(3)15(4)12-17/h6-13H,5H2,1-4H3,(H,20,21)/t13-/m0/s1. The molecular weight excluding hydrogens is 258 g/mol. The van der Waals surface area contributed by atoms with Crippen molar-refractivity contribution in [2.75, 3.05) is 5.32 Å². The van der Waals surface area contributed by atoms with E-state index >= 15 is 0 Å². The van der Waals surface area contributed by atoms with Crippen LogP contribution >= 0.6 is 0 Å². The van der Waals surface area contributed by atoms with Crippen LogP contribution in [0.15, 0.2) is 42.5 Å². The highest BCUT2D eigenvalue weighted by Gasteiger charge is 2.08. The summed E-state index contributed by atoms with van der Waals surface area (Å²) in [5.41, 5.74) is 5.18. The van der Waals surface area contributed by atoms with E-state index in [0.29, 0.717) is 11.5 Å². The highest BCUT2D eigenvalue weighted by molar-refractivity contribution is 6.04. The maximum Gasteiger partial charge on any atom is 0.255 e. The van der Waals surface area contributed by atoms with Crippen LogP contribution in [0.2, 0.25) is 0 Å². The molecule has 0 bridgehead atoms. The van der Waals surface area contributed by atoms with Crippen LogP contribution in [-0.2, 0) is 0 Å². The quantitative estimate of drug-likeness (QED) is 0.833. The highest BCUT2D eigenvalue weighted by atomic mass is 16.1. The third kappa shape index (κ3) is 3.72. The van der Waals surface area contributed by atoms with Gasteiger partial charge < -0.3 is 5.32 Å². The van der Waals surface area contributed by atoms with Crippen LogP contribution < -0.4 is 5.32 Å². The van der Waals surface area contributed by atoms with Crippen LogP contribution in [0.25, 0.3) is 0 Å². The predicted molar refractivity (Wildman–Crippen MR) is 89.0 cm³/mol. The first-order valence-corrected chi connectivity index (χ1v) is 7.49. The van der Waals surface area contributed by atoms with Crippen molar-refractivity contribution in [2.45, 2.75) is 40.0 Å². The molecule has 2 rings (SSSR count). The molecule has 2 aromatic carbocycles. The van der Waals surface area contributed by atoms with E-state index < -0.39 is 0 Å². The molecule has 0 aromatic heterocycles. The van der Waals surface area contributed by atoms with E-state index in [2.05, 4.69) is 31.3 Å². The molecule has 2 nitrogen and oxygen atoms in total. The summed E-state index contributed by atoms with van der Waals surface area (Å²) in [6, 6.07) is 13.9. The summed E-state index contributed by atoms with van der Waals surface area (Å²) >= 11 is 0. The minimum atomic E-state index is -0.0608. The number of amides is 1. The van der Waals surface area contributed by atoms with Gasteiger partial charge >= 0.3 is 0 Å². The zero-order valence-corrected chi connectivity index (χ0v) is 13.2. The Morgan fingerprint density at radius 1 is 1.05 bits per heavy atom. The van der Waals surface area contributed by atoms with Crippen molar-refractivity contribution in [3.8, 4) is 0 Å². The zero-order chi connectivity index (χ0) is 15.4. The summed E-state index contributed by atoms with van der Waals surface area (Å²) < 4.78 is 0. The molecule has 0 heterocycles. The first-order chi connectivity index (χ1) is 10.0. The molecule has 0 aliphatic carbocycles. The molecule has 2 heteroatoms. The van der Waals surface area contributed by atoms with Crippen LogP contribution in [0.1, 0.15) is 53.2 Å². The van der Waals surface area contributed by atoms with Gasteiger partial charge in [0, 0.05) is 11.3 Å². The minimum absolute atomic E-state index is 0.0608. The fraction of sp³-hybridized carbons (Fsp3) is 0.316. The fourth-order valence-electron chi connectivity index (χ4n) is 2.22. The first kappa shape index (κ1) is 15.3. The molecule has 1 atom stereocenters. The van der Waals surface area contributed by atoms with E-state index in [1.54, 1.807) is 0 Å². The first-order valence-electron chi connectivity index (χ1n) is 7.49. The van der Waals surface area contributed by atoms with Crippen molar-refractivity contribution in [1.82, 2.24) is 0 Å². The number of benzene rings is 2. The molecule has 0 spiro atoms. The molecule has 0 radical (unpaired) electrons. The number of nitrogens with one attached hydrogen (secondary N) is 1. The number of hydrogen-bond acceptors (Lipinski definition) is 1. The second kappa shape index (κ2) is 6.57. The monoisotopic (exact) mass is 281 g/mol. The van der Waals surface area contributed by atoms with Gasteiger partial charge in [0.05, 0.1) is 0 Å². The maximum atomic E-state index is 12.2. The smallest absolute Gasteiger partial charge is 0.255 e. The average molecular weight is 281 g/mol. The van der Waals surface area contributed by atoms with E-state index in [1.807, 2.05) is 44.2 Å². The largest absolute Gasteiger partial charge is 0.322 e. The van der Waals surface area contributed by atoms with Gasteiger partial charge in [0.1, 0.15) is 0 Å². The van der Waals surface area contributed by atoms with Gasteiger partial charge in [-0.15, -0.1) is 0 Å². The Morgan fingerprint density at radius 2 is 1.71 bits per heavy atom. The topological polar surface area (TPSA) is 29.1 Å². The van der Waals surface area contributed by atoms with E-state index in [9.17, 15) is 4.79 Å². The molecule has 2 aromatic rings. The van der Waals surface area contributed by atoms with Gasteiger partial charge in [-0.05, 0) is 67.1 Å². The molecule has 0 saturated heterocycles. The Kier molecular flexibility index (Phi) is 4.79. The van der Waals surface area contributed by atoms with Crippen LogP contribution in [0.3, 0.4) is 0 Å². The molecule has 0 unspecified atom stereocenters. The molecule has 0 saturated carbocycles. The van der Waals surface area contributed by atoms with E-state index in [-0.39, 0.29) is 5.91 Å². The van der Waals surface area contributed by atoms with Crippen molar-refractivity contribution in [3.05, 3.63) is 64.7 Å². The molecule has 0 aliphatic rings. The van der Waals surface area contributed by atoms with E-state index in [1.165, 1.54) is 11.1 Å². The second-order valence-electron chi connectivity index (χ2n) is 5.68. The average Bonchev–Trinajstić information content (AvgIpc) is 2.50. The van der Waals surface area contributed by atoms with Crippen molar-refractivity contribution in [2.24, 2.45) is 0 Å². The maximum absolute atomic E-state index is 12.2. The summed E-state index contributed by atoms with van der Waals surface area (Å²) in [6.07, 6.45) is 1.12. The number of hydrogen-bond donors (Lipinski definition) is 1. The van der Waals surface area contributed by atoms with Gasteiger partial charge in [0.25, 0.3) is 5.91 Å². The summed E-state index contributed by atoms with van der Waals surface area (Å²) in [5.74, 6) is 0.490. The Hall–Kier alpha value is -2.09. The number of carbonyl (C=O) groups excluding carboxylic acids is 1. The van der Waals surface area contributed by atoms with E-state index in [4.69, 9.17) is 0 Å². The normalized spacial score (nSPS) is 12.0. The van der Waals surface area contributed by atoms with Crippen LogP contribution in [0, 0.1) is 13.8 Å². The fourth-order valence-corrected chi connectivity index (χ4v) is 2.22. The van der Waals surface area contributed by atoms with E-state index in [0.717, 1.165) is 17.7 Å². The molecule has 1 N–H and O–H groups in total. The SMILES string of the molecule is CC[C@H](C)c1ccc(NC(=O)c2ccc(C)c(C)c2)cc1. The zero-order valence-electron chi connectivity index (χ0n) is 13.2. The number of aryl methyl sites for hydroxylation is 2. The lowest BCUT2D eigenvalue weighted by atomic mass is 9.98. The van der Waals surface area contributed by atoms with Crippen LogP contribution in [-0.4, -0.2) is 5.91 Å². The lowest BCUT2D eigenvalue weighted by Gasteiger charge is -2.11. The van der Waals surface area contributed by atoms with Gasteiger partial charge in [-0.2, -0.15) is 0 Å². The Labute approximate surface area is 127 Å². The van der Waals surface area contributed by atoms with Gasteiger partial charge in [-0.3, -0.25) is 4.79 Å². The molecule has 1 amide bonds. The predicted octanol–water partition coefficient (Wildman–Crippen LogP) is 5.07. The highest BCUT2D eigenvalue weighted by Crippen LogP contribution is 2.21. The molecule has 21 heavy (non-hydrogen) atoms. The lowest BCUT2D eigenvalue weighted by molar-refractivity contribution is 0.102. The number of rotatable bonds is 4. The van der Waals surface area contributed by atoms with Gasteiger partial charge in [-0.25, -0.2) is 0 Å². The molecule has 0 fully saturated rings. The number of carbonyl (C=O) groups is 1. The third-order valence-electron chi connectivity index (χ3n) is 4.12. The minimum Gasteiger partial charge on any atom is -0.322 e. The van der Waals surface area contributed by atoms with Crippen LogP contribution in [0.4, 0.5) is 5.69 Å². The summed E-state index contributed by atoms with van der Waals surface area (Å²) in [7, 11) is 0. The summed E-state index contributed by atoms with van der Waals surface area (Å²) in [4.78, 5) is 12.2. The van der Waals surface area contributed by atoms with Gasteiger partial charge in [-0.1, -0.05) is 32.0 Å². The Balaban J connectivity index is 2.10. The van der Waals surface area contributed by atoms with Crippen molar-refractivity contribution in [1.29, 1.82) is 0 Å². The summed E-state index contributed by atoms with van der Waals surface area (Å²) in [5, 5.41) is 2.95. The van der Waals surface area contributed by atoms with Crippen molar-refractivity contribution in [3.63, 3.8) is 0 Å². The van der Waals surface area contributed by atoms with Gasteiger partial charge in [0.2, 0.25) is 0 Å². The third-order valence-corrected chi connectivity index (χ3v) is 4.12. The summed E-state index contributed by atoms with van der Waals surface area (Å²) in [6.45, 7) is 8.46. The van der Waals surface area contributed by atoms with Crippen molar-refractivity contribution < 1.29 is 4.79 Å². The van der Waals surface area contributed by atoms with Gasteiger partial charge in [0.15, 0.2) is 0 Å². The number of anilines is 1. The van der Waals surface area contributed by atoms with Crippen LogP contribution in [0.5, 0.6) is 0 Å². The lowest BCUT2D eigenvalue weighted by Crippen LogP contribution is -2.12. The molecule has 0 aliphatic heterocycles. The van der Waals surface area contributed by atoms with Crippen molar-refractivity contribution >= 4 is 11.6 Å².